The molecular weight excluding hydrogens is 364 g/mol. The quantitative estimate of drug-likeness (QED) is 0.341. The molecule has 27 heavy (non-hydrogen) atoms. The summed E-state index contributed by atoms with van der Waals surface area (Å²) >= 11 is 1.49. The maximum absolute atomic E-state index is 12.1. The molecule has 0 aliphatic heterocycles. The van der Waals surface area contributed by atoms with Crippen LogP contribution in [0.15, 0.2) is 59.0 Å². The second-order valence-electron chi connectivity index (χ2n) is 5.27. The molecule has 0 saturated heterocycles. The summed E-state index contributed by atoms with van der Waals surface area (Å²) in [5, 5.41) is 11.9. The Morgan fingerprint density at radius 3 is 2.52 bits per heavy atom. The van der Waals surface area contributed by atoms with E-state index in [4.69, 9.17) is 9.47 Å². The van der Waals surface area contributed by atoms with Gasteiger partial charge in [0.2, 0.25) is 0 Å². The summed E-state index contributed by atoms with van der Waals surface area (Å²) in [5.41, 5.74) is 1.08. The van der Waals surface area contributed by atoms with Crippen molar-refractivity contribution in [1.82, 2.24) is 0 Å². The number of esters is 1. The van der Waals surface area contributed by atoms with Crippen LogP contribution in [0.3, 0.4) is 0 Å². The lowest BCUT2D eigenvalue weighted by Crippen LogP contribution is -2.21. The van der Waals surface area contributed by atoms with E-state index in [0.29, 0.717) is 17.0 Å². The number of nitriles is 1. The summed E-state index contributed by atoms with van der Waals surface area (Å²) < 4.78 is 10.0. The molecule has 0 atom stereocenters. The number of nitrogens with one attached hydrogen (secondary N) is 1. The topological polar surface area (TPSA) is 88.4 Å². The van der Waals surface area contributed by atoms with Crippen LogP contribution in [-0.2, 0) is 14.3 Å². The molecule has 0 radical (unpaired) electrons. The first-order valence-electron chi connectivity index (χ1n) is 7.93. The predicted octanol–water partition coefficient (Wildman–Crippen LogP) is 3.51. The molecule has 2 aromatic rings. The molecule has 138 valence electrons. The van der Waals surface area contributed by atoms with Crippen molar-refractivity contribution in [2.75, 3.05) is 25.3 Å². The Morgan fingerprint density at radius 1 is 1.19 bits per heavy atom. The molecular formula is C20H18N2O4S. The van der Waals surface area contributed by atoms with Crippen molar-refractivity contribution < 1.29 is 19.1 Å². The van der Waals surface area contributed by atoms with Gasteiger partial charge >= 0.3 is 5.97 Å². The minimum absolute atomic E-state index is 0.197. The molecule has 7 heteroatoms. The number of carbonyl (C=O) groups is 2. The Hall–Kier alpha value is -3.24. The maximum atomic E-state index is 12.1. The van der Waals surface area contributed by atoms with E-state index in [0.717, 1.165) is 4.90 Å². The van der Waals surface area contributed by atoms with E-state index >= 15 is 0 Å². The molecule has 0 bridgehead atoms. The van der Waals surface area contributed by atoms with Crippen LogP contribution in [0.1, 0.15) is 5.56 Å². The van der Waals surface area contributed by atoms with Gasteiger partial charge in [-0.2, -0.15) is 5.26 Å². The third-order valence-electron chi connectivity index (χ3n) is 3.48. The van der Waals surface area contributed by atoms with Crippen LogP contribution in [0.2, 0.25) is 0 Å². The van der Waals surface area contributed by atoms with Crippen molar-refractivity contribution in [1.29, 1.82) is 5.26 Å². The summed E-state index contributed by atoms with van der Waals surface area (Å²) in [6, 6.07) is 15.9. The normalized spacial score (nSPS) is 10.6. The number of carbonyl (C=O) groups excluding carboxylic acids is 2. The third kappa shape index (κ3) is 5.90. The first-order valence-corrected chi connectivity index (χ1v) is 9.15. The second-order valence-corrected chi connectivity index (χ2v) is 6.12. The van der Waals surface area contributed by atoms with E-state index in [9.17, 15) is 14.9 Å². The first kappa shape index (κ1) is 20.1. The Morgan fingerprint density at radius 2 is 1.89 bits per heavy atom. The summed E-state index contributed by atoms with van der Waals surface area (Å²) in [6.07, 6.45) is 3.29. The fraction of sp³-hybridized carbons (Fsp3) is 0.150. The SMILES string of the molecule is COc1ccc(/C=C(\C#N)C(=O)OCC(=O)Nc2ccccc2SC)cc1. The van der Waals surface area contributed by atoms with Gasteiger partial charge in [0.25, 0.3) is 5.91 Å². The van der Waals surface area contributed by atoms with Crippen LogP contribution < -0.4 is 10.1 Å². The van der Waals surface area contributed by atoms with E-state index in [1.807, 2.05) is 18.4 Å². The van der Waals surface area contributed by atoms with Gasteiger partial charge in [-0.15, -0.1) is 11.8 Å². The molecule has 6 nitrogen and oxygen atoms in total. The smallest absolute Gasteiger partial charge is 0.349 e. The fourth-order valence-electron chi connectivity index (χ4n) is 2.15. The first-order chi connectivity index (χ1) is 13.1. The van der Waals surface area contributed by atoms with Crippen molar-refractivity contribution in [3.05, 3.63) is 59.7 Å². The van der Waals surface area contributed by atoms with Gasteiger partial charge in [-0.3, -0.25) is 4.79 Å². The number of anilines is 1. The molecule has 0 aliphatic rings. The molecule has 0 unspecified atom stereocenters. The number of para-hydroxylation sites is 1. The zero-order chi connectivity index (χ0) is 19.6. The van der Waals surface area contributed by atoms with Gasteiger partial charge in [0.05, 0.1) is 12.8 Å². The summed E-state index contributed by atoms with van der Waals surface area (Å²) in [5.74, 6) is -0.677. The molecule has 0 aromatic heterocycles. The van der Waals surface area contributed by atoms with Gasteiger partial charge in [0.1, 0.15) is 17.4 Å². The van der Waals surface area contributed by atoms with E-state index in [2.05, 4.69) is 5.32 Å². The largest absolute Gasteiger partial charge is 0.497 e. The Bertz CT molecular complexity index is 886. The minimum atomic E-state index is -0.860. The van der Waals surface area contributed by atoms with Gasteiger partial charge in [-0.25, -0.2) is 4.79 Å². The van der Waals surface area contributed by atoms with Gasteiger partial charge < -0.3 is 14.8 Å². The van der Waals surface area contributed by atoms with Crippen LogP contribution in [0, 0.1) is 11.3 Å². The van der Waals surface area contributed by atoms with E-state index in [-0.39, 0.29) is 5.57 Å². The highest BCUT2D eigenvalue weighted by molar-refractivity contribution is 7.98. The number of methoxy groups -OCH3 is 1. The molecule has 0 spiro atoms. The van der Waals surface area contributed by atoms with Crippen molar-refractivity contribution in [3.63, 3.8) is 0 Å². The lowest BCUT2D eigenvalue weighted by atomic mass is 10.1. The van der Waals surface area contributed by atoms with E-state index in [1.54, 1.807) is 49.6 Å². The third-order valence-corrected chi connectivity index (χ3v) is 4.28. The van der Waals surface area contributed by atoms with Crippen LogP contribution in [0.5, 0.6) is 5.75 Å². The summed E-state index contributed by atoms with van der Waals surface area (Å²) in [7, 11) is 1.55. The second kappa shape index (κ2) is 10.0. The summed E-state index contributed by atoms with van der Waals surface area (Å²) in [4.78, 5) is 25.0. The van der Waals surface area contributed by atoms with Crippen molar-refractivity contribution in [3.8, 4) is 11.8 Å². The average Bonchev–Trinajstić information content (AvgIpc) is 2.71. The van der Waals surface area contributed by atoms with Crippen LogP contribution in [-0.4, -0.2) is 31.8 Å². The molecule has 0 aliphatic carbocycles. The van der Waals surface area contributed by atoms with Crippen LogP contribution in [0.25, 0.3) is 6.08 Å². The number of nitrogens with zero attached hydrogens (tertiary/aromatic N) is 1. The maximum Gasteiger partial charge on any atom is 0.349 e. The van der Waals surface area contributed by atoms with Gasteiger partial charge in [-0.05, 0) is 42.2 Å². The Kier molecular flexibility index (Phi) is 7.47. The number of amides is 1. The van der Waals surface area contributed by atoms with E-state index in [1.165, 1.54) is 17.8 Å². The van der Waals surface area contributed by atoms with Crippen LogP contribution >= 0.6 is 11.8 Å². The molecule has 2 aromatic carbocycles. The zero-order valence-corrected chi connectivity index (χ0v) is 15.7. The number of hydrogen-bond acceptors (Lipinski definition) is 6. The van der Waals surface area contributed by atoms with Crippen LogP contribution in [0.4, 0.5) is 5.69 Å². The minimum Gasteiger partial charge on any atom is -0.497 e. The van der Waals surface area contributed by atoms with Gasteiger partial charge in [-0.1, -0.05) is 24.3 Å². The van der Waals surface area contributed by atoms with Crippen molar-refractivity contribution >= 4 is 35.4 Å². The number of rotatable bonds is 7. The highest BCUT2D eigenvalue weighted by Gasteiger charge is 2.14. The van der Waals surface area contributed by atoms with E-state index < -0.39 is 18.5 Å². The number of ether oxygens (including phenoxy) is 2. The van der Waals surface area contributed by atoms with Gasteiger partial charge in [0, 0.05) is 4.90 Å². The molecule has 0 heterocycles. The molecule has 0 fully saturated rings. The number of benzene rings is 2. The highest BCUT2D eigenvalue weighted by atomic mass is 32.2. The number of thioether (sulfide) groups is 1. The standard InChI is InChI=1S/C20H18N2O4S/c1-25-16-9-7-14(8-10-16)11-15(12-21)20(24)26-13-19(23)22-17-5-3-4-6-18(17)27-2/h3-11H,13H2,1-2H3,(H,22,23)/b15-11+. The highest BCUT2D eigenvalue weighted by Crippen LogP contribution is 2.24. The average molecular weight is 382 g/mol. The van der Waals surface area contributed by atoms with Crippen molar-refractivity contribution in [2.45, 2.75) is 4.90 Å². The number of hydrogen-bond donors (Lipinski definition) is 1. The Balaban J connectivity index is 1.97. The molecule has 0 saturated carbocycles. The Labute approximate surface area is 161 Å². The zero-order valence-electron chi connectivity index (χ0n) is 14.9. The molecule has 1 amide bonds. The van der Waals surface area contributed by atoms with Crippen molar-refractivity contribution in [2.24, 2.45) is 0 Å². The summed E-state index contributed by atoms with van der Waals surface area (Å²) in [6.45, 7) is -0.483. The monoisotopic (exact) mass is 382 g/mol. The predicted molar refractivity (Wildman–Crippen MR) is 104 cm³/mol. The lowest BCUT2D eigenvalue weighted by Gasteiger charge is -2.09. The fourth-order valence-corrected chi connectivity index (χ4v) is 2.70. The lowest BCUT2D eigenvalue weighted by molar-refractivity contribution is -0.142. The molecule has 2 rings (SSSR count). The molecule has 1 N–H and O–H groups in total. The van der Waals surface area contributed by atoms with Gasteiger partial charge in [0.15, 0.2) is 6.61 Å².